The Morgan fingerprint density at radius 2 is 2.24 bits per heavy atom. The number of benzene rings is 1. The Kier molecular flexibility index (Phi) is 4.67. The Hall–Kier alpha value is -2.24. The molecule has 0 saturated heterocycles. The summed E-state index contributed by atoms with van der Waals surface area (Å²) in [6.07, 6.45) is 3.44. The number of hydrogen-bond acceptors (Lipinski definition) is 4. The Morgan fingerprint density at radius 1 is 1.48 bits per heavy atom. The van der Waals surface area contributed by atoms with E-state index in [9.17, 15) is 14.5 Å². The Labute approximate surface area is 122 Å². The number of hydrogen-bond donors (Lipinski definition) is 1. The molecule has 0 aliphatic rings. The molecule has 0 radical (unpaired) electrons. The van der Waals surface area contributed by atoms with Gasteiger partial charge in [-0.25, -0.2) is 4.39 Å². The third-order valence-corrected chi connectivity index (χ3v) is 3.28. The summed E-state index contributed by atoms with van der Waals surface area (Å²) in [5.74, 6) is -0.0548. The summed E-state index contributed by atoms with van der Waals surface area (Å²) < 4.78 is 14.1. The molecule has 0 aliphatic carbocycles. The molecule has 1 aromatic heterocycles. The van der Waals surface area contributed by atoms with E-state index in [-0.39, 0.29) is 11.4 Å². The number of nitro benzene ring substituents is 1. The van der Waals surface area contributed by atoms with Crippen molar-refractivity contribution in [1.82, 2.24) is 4.98 Å². The van der Waals surface area contributed by atoms with Crippen LogP contribution in [0.5, 0.6) is 0 Å². The minimum atomic E-state index is -0.641. The maximum atomic E-state index is 14.1. The molecule has 5 nitrogen and oxygen atoms in total. The number of nitrogens with one attached hydrogen (secondary N) is 1. The van der Waals surface area contributed by atoms with E-state index in [4.69, 9.17) is 0 Å². The zero-order chi connectivity index (χ0) is 15.4. The summed E-state index contributed by atoms with van der Waals surface area (Å²) in [6, 6.07) is 4.14. The molecule has 2 aromatic rings. The number of aromatic nitrogens is 1. The maximum absolute atomic E-state index is 14.1. The molecule has 0 bridgehead atoms. The van der Waals surface area contributed by atoms with Crippen molar-refractivity contribution in [3.63, 3.8) is 0 Å². The predicted molar refractivity (Wildman–Crippen MR) is 80.9 cm³/mol. The van der Waals surface area contributed by atoms with Crippen LogP contribution in [0.4, 0.5) is 15.8 Å². The average molecular weight is 291 g/mol. The van der Waals surface area contributed by atoms with E-state index in [0.717, 1.165) is 18.9 Å². The largest absolute Gasteiger partial charge is 0.381 e. The second-order valence-electron chi connectivity index (χ2n) is 5.37. The van der Waals surface area contributed by atoms with E-state index in [0.29, 0.717) is 23.4 Å². The second-order valence-corrected chi connectivity index (χ2v) is 5.37. The smallest absolute Gasteiger partial charge is 0.281 e. The number of halogens is 1. The van der Waals surface area contributed by atoms with Crippen LogP contribution in [0.2, 0.25) is 0 Å². The molecule has 0 amide bonds. The molecular weight excluding hydrogens is 273 g/mol. The normalized spacial score (nSPS) is 11.0. The first-order chi connectivity index (χ1) is 10.0. The molecule has 21 heavy (non-hydrogen) atoms. The van der Waals surface area contributed by atoms with E-state index < -0.39 is 10.7 Å². The summed E-state index contributed by atoms with van der Waals surface area (Å²) in [5, 5.41) is 14.4. The van der Waals surface area contributed by atoms with Crippen molar-refractivity contribution in [1.29, 1.82) is 0 Å². The molecule has 0 saturated carbocycles. The van der Waals surface area contributed by atoms with Crippen molar-refractivity contribution in [2.45, 2.75) is 26.7 Å². The van der Waals surface area contributed by atoms with Gasteiger partial charge in [0, 0.05) is 12.7 Å². The van der Waals surface area contributed by atoms with Crippen LogP contribution in [-0.2, 0) is 0 Å². The van der Waals surface area contributed by atoms with Gasteiger partial charge >= 0.3 is 0 Å². The molecule has 1 N–H and O–H groups in total. The molecule has 112 valence electrons. The van der Waals surface area contributed by atoms with Gasteiger partial charge in [0.25, 0.3) is 5.69 Å². The fraction of sp³-hybridized carbons (Fsp3) is 0.400. The first kappa shape index (κ1) is 15.2. The van der Waals surface area contributed by atoms with Gasteiger partial charge in [0.15, 0.2) is 5.82 Å². The third kappa shape index (κ3) is 3.45. The molecule has 0 fully saturated rings. The summed E-state index contributed by atoms with van der Waals surface area (Å²) in [5.41, 5.74) is 0.275. The van der Waals surface area contributed by atoms with Crippen molar-refractivity contribution in [3.05, 3.63) is 40.3 Å². The lowest BCUT2D eigenvalue weighted by molar-refractivity contribution is -0.383. The van der Waals surface area contributed by atoms with Crippen LogP contribution in [0.1, 0.15) is 26.7 Å². The highest BCUT2D eigenvalue weighted by atomic mass is 19.1. The van der Waals surface area contributed by atoms with Crippen molar-refractivity contribution in [3.8, 4) is 0 Å². The van der Waals surface area contributed by atoms with Crippen LogP contribution in [0.15, 0.2) is 24.4 Å². The Bertz CT molecular complexity index is 659. The molecule has 0 unspecified atom stereocenters. The molecule has 1 heterocycles. The predicted octanol–water partition coefficient (Wildman–Crippen LogP) is 4.13. The zero-order valence-electron chi connectivity index (χ0n) is 12.1. The van der Waals surface area contributed by atoms with Gasteiger partial charge in [-0.3, -0.25) is 15.1 Å². The van der Waals surface area contributed by atoms with Gasteiger partial charge in [-0.15, -0.1) is 0 Å². The van der Waals surface area contributed by atoms with Crippen LogP contribution in [0, 0.1) is 21.8 Å². The number of rotatable bonds is 6. The highest BCUT2D eigenvalue weighted by Crippen LogP contribution is 2.32. The molecule has 1 aromatic carbocycles. The van der Waals surface area contributed by atoms with Crippen LogP contribution in [0.3, 0.4) is 0 Å². The van der Waals surface area contributed by atoms with Crippen LogP contribution < -0.4 is 5.32 Å². The lowest BCUT2D eigenvalue weighted by Gasteiger charge is -2.11. The maximum Gasteiger partial charge on any atom is 0.281 e. The zero-order valence-corrected chi connectivity index (χ0v) is 12.1. The number of nitrogens with zero attached hydrogens (tertiary/aromatic N) is 2. The van der Waals surface area contributed by atoms with Gasteiger partial charge in [-0.2, -0.15) is 0 Å². The second kappa shape index (κ2) is 6.47. The van der Waals surface area contributed by atoms with E-state index in [1.165, 1.54) is 6.20 Å². The number of fused-ring (bicyclic) bond motifs is 1. The average Bonchev–Trinajstić information content (AvgIpc) is 2.44. The van der Waals surface area contributed by atoms with Gasteiger partial charge in [0.2, 0.25) is 0 Å². The summed E-state index contributed by atoms with van der Waals surface area (Å²) in [7, 11) is 0. The van der Waals surface area contributed by atoms with Crippen LogP contribution in [0.25, 0.3) is 10.9 Å². The molecular formula is C15H18FN3O2. The Balaban J connectivity index is 2.33. The van der Waals surface area contributed by atoms with Gasteiger partial charge in [-0.05, 0) is 30.9 Å². The molecule has 0 aliphatic heterocycles. The van der Waals surface area contributed by atoms with Crippen molar-refractivity contribution in [2.75, 3.05) is 11.9 Å². The van der Waals surface area contributed by atoms with Crippen molar-refractivity contribution >= 4 is 22.3 Å². The fourth-order valence-corrected chi connectivity index (χ4v) is 2.24. The standard InChI is InChI=1S/C15H18FN3O2/c1-10(2)5-3-7-18-15-12(16)9-13(19(20)21)11-6-4-8-17-14(11)15/h4,6,8-10,18H,3,5,7H2,1-2H3. The lowest BCUT2D eigenvalue weighted by Crippen LogP contribution is -2.06. The first-order valence-electron chi connectivity index (χ1n) is 6.96. The van der Waals surface area contributed by atoms with Gasteiger partial charge in [-0.1, -0.05) is 13.8 Å². The molecule has 0 spiro atoms. The number of pyridine rings is 1. The monoisotopic (exact) mass is 291 g/mol. The quantitative estimate of drug-likeness (QED) is 0.493. The molecule has 6 heteroatoms. The number of nitro groups is 1. The number of non-ortho nitro benzene ring substituents is 1. The SMILES string of the molecule is CC(C)CCCNc1c(F)cc([N+](=O)[O-])c2cccnc12. The van der Waals surface area contributed by atoms with E-state index in [2.05, 4.69) is 24.1 Å². The van der Waals surface area contributed by atoms with E-state index >= 15 is 0 Å². The highest BCUT2D eigenvalue weighted by molar-refractivity contribution is 5.97. The van der Waals surface area contributed by atoms with Gasteiger partial charge in [0.1, 0.15) is 5.52 Å². The van der Waals surface area contributed by atoms with Crippen LogP contribution in [-0.4, -0.2) is 16.5 Å². The van der Waals surface area contributed by atoms with E-state index in [1.54, 1.807) is 12.1 Å². The minimum absolute atomic E-state index is 0.236. The minimum Gasteiger partial charge on any atom is -0.381 e. The van der Waals surface area contributed by atoms with Crippen molar-refractivity contribution in [2.24, 2.45) is 5.92 Å². The van der Waals surface area contributed by atoms with Crippen molar-refractivity contribution < 1.29 is 9.31 Å². The number of anilines is 1. The fourth-order valence-electron chi connectivity index (χ4n) is 2.24. The summed E-state index contributed by atoms with van der Waals surface area (Å²) in [6.45, 7) is 4.87. The Morgan fingerprint density at radius 3 is 2.90 bits per heavy atom. The third-order valence-electron chi connectivity index (χ3n) is 3.28. The topological polar surface area (TPSA) is 68.1 Å². The van der Waals surface area contributed by atoms with E-state index in [1.807, 2.05) is 0 Å². The molecule has 0 atom stereocenters. The highest BCUT2D eigenvalue weighted by Gasteiger charge is 2.19. The van der Waals surface area contributed by atoms with Gasteiger partial charge < -0.3 is 5.32 Å². The van der Waals surface area contributed by atoms with Crippen LogP contribution >= 0.6 is 0 Å². The summed E-state index contributed by atoms with van der Waals surface area (Å²) in [4.78, 5) is 14.5. The van der Waals surface area contributed by atoms with Gasteiger partial charge in [0.05, 0.1) is 22.1 Å². The lowest BCUT2D eigenvalue weighted by atomic mass is 10.1. The summed E-state index contributed by atoms with van der Waals surface area (Å²) >= 11 is 0. The molecule has 2 rings (SSSR count). The first-order valence-corrected chi connectivity index (χ1v) is 6.96.